The van der Waals surface area contributed by atoms with Crippen LogP contribution < -0.4 is 14.4 Å². The maximum atomic E-state index is 14.1. The molecule has 0 bridgehead atoms. The first-order valence-corrected chi connectivity index (χ1v) is 19.9. The molecule has 5 aliphatic rings. The van der Waals surface area contributed by atoms with Crippen molar-refractivity contribution in [2.24, 2.45) is 10.8 Å². The van der Waals surface area contributed by atoms with Crippen LogP contribution in [0.1, 0.15) is 82.3 Å². The van der Waals surface area contributed by atoms with Gasteiger partial charge in [0.25, 0.3) is 0 Å². The maximum Gasteiger partial charge on any atom is 0.422 e. The summed E-state index contributed by atoms with van der Waals surface area (Å²) in [6.45, 7) is 13.6. The SMILES string of the molecule is C=CC(=O)N1CC2(CCN(c3nc(OC4CC5(CCN(C(C)C)CC5)C4)nc4c(OCC(F)(F)F)c(-c5c(C)ccc6[nH]ncc56)c(C5CC5)cc34)CC2)C1. The molecule has 55 heavy (non-hydrogen) atoms. The number of hydrogen-bond acceptors (Lipinski definition) is 8. The number of carbonyl (C=O) groups excluding carboxylic acids is 1. The molecule has 5 heterocycles. The van der Waals surface area contributed by atoms with E-state index in [0.29, 0.717) is 54.5 Å². The van der Waals surface area contributed by atoms with E-state index in [1.54, 1.807) is 6.20 Å². The Morgan fingerprint density at radius 2 is 1.73 bits per heavy atom. The average molecular weight is 758 g/mol. The number of halogens is 3. The third-order valence-electron chi connectivity index (χ3n) is 13.3. The van der Waals surface area contributed by atoms with Gasteiger partial charge in [-0.3, -0.25) is 9.89 Å². The third-order valence-corrected chi connectivity index (χ3v) is 13.3. The number of rotatable bonds is 9. The van der Waals surface area contributed by atoms with Crippen molar-refractivity contribution in [2.75, 3.05) is 50.8 Å². The van der Waals surface area contributed by atoms with Gasteiger partial charge in [-0.2, -0.15) is 28.2 Å². The minimum atomic E-state index is -4.57. The van der Waals surface area contributed by atoms with Crippen LogP contribution in [0.2, 0.25) is 0 Å². The molecule has 1 N–H and O–H groups in total. The summed E-state index contributed by atoms with van der Waals surface area (Å²) in [5, 5.41) is 8.83. The lowest BCUT2D eigenvalue weighted by atomic mass is 9.61. The van der Waals surface area contributed by atoms with Crippen LogP contribution in [0.15, 0.2) is 37.1 Å². The monoisotopic (exact) mass is 757 g/mol. The summed E-state index contributed by atoms with van der Waals surface area (Å²) in [7, 11) is 0. The van der Waals surface area contributed by atoms with Gasteiger partial charge in [0.05, 0.1) is 11.7 Å². The minimum Gasteiger partial charge on any atom is -0.481 e. The zero-order valence-electron chi connectivity index (χ0n) is 32.0. The zero-order valence-corrected chi connectivity index (χ0v) is 32.0. The second-order valence-electron chi connectivity index (χ2n) is 17.3. The molecule has 0 unspecified atom stereocenters. The van der Waals surface area contributed by atoms with Crippen LogP contribution in [0.4, 0.5) is 19.0 Å². The Kier molecular flexibility index (Phi) is 8.82. The highest BCUT2D eigenvalue weighted by atomic mass is 19.4. The van der Waals surface area contributed by atoms with Crippen molar-refractivity contribution in [3.8, 4) is 22.9 Å². The topological polar surface area (TPSA) is 99.7 Å². The van der Waals surface area contributed by atoms with Gasteiger partial charge in [-0.1, -0.05) is 12.6 Å². The van der Waals surface area contributed by atoms with Crippen molar-refractivity contribution in [3.05, 3.63) is 48.2 Å². The molecule has 0 radical (unpaired) electrons. The number of anilines is 1. The first-order valence-electron chi connectivity index (χ1n) is 19.9. The van der Waals surface area contributed by atoms with Crippen LogP contribution in [-0.2, 0) is 4.79 Å². The Bertz CT molecular complexity index is 2130. The fourth-order valence-corrected chi connectivity index (χ4v) is 9.86. The largest absolute Gasteiger partial charge is 0.481 e. The molecule has 4 aromatic rings. The van der Waals surface area contributed by atoms with Gasteiger partial charge in [0.1, 0.15) is 17.4 Å². The van der Waals surface area contributed by atoms with Crippen molar-refractivity contribution < 1.29 is 27.4 Å². The number of aryl methyl sites for hydroxylation is 1. The summed E-state index contributed by atoms with van der Waals surface area (Å²) in [6.07, 6.45) is 6.12. The molecule has 2 spiro atoms. The lowest BCUT2D eigenvalue weighted by Gasteiger charge is -2.54. The van der Waals surface area contributed by atoms with Crippen LogP contribution >= 0.6 is 0 Å². The van der Waals surface area contributed by atoms with E-state index in [9.17, 15) is 18.0 Å². The molecule has 13 heteroatoms. The molecule has 0 atom stereocenters. The summed E-state index contributed by atoms with van der Waals surface area (Å²) in [5.41, 5.74) is 4.69. The van der Waals surface area contributed by atoms with Gasteiger partial charge in [0, 0.05) is 54.0 Å². The maximum absolute atomic E-state index is 14.1. The van der Waals surface area contributed by atoms with Crippen LogP contribution in [0, 0.1) is 17.8 Å². The lowest BCUT2D eigenvalue weighted by molar-refractivity contribution is -0.153. The van der Waals surface area contributed by atoms with E-state index >= 15 is 0 Å². The Balaban J connectivity index is 1.14. The number of piperidine rings is 2. The Morgan fingerprint density at radius 1 is 1.02 bits per heavy atom. The number of alkyl halides is 3. The fourth-order valence-electron chi connectivity index (χ4n) is 9.86. The van der Waals surface area contributed by atoms with Gasteiger partial charge >= 0.3 is 12.2 Å². The van der Waals surface area contributed by atoms with Crippen LogP contribution in [-0.4, -0.2) is 100 Å². The molecule has 2 aliphatic carbocycles. The second kappa shape index (κ2) is 13.4. The van der Waals surface area contributed by atoms with Crippen molar-refractivity contribution in [1.29, 1.82) is 0 Å². The molecule has 2 aromatic carbocycles. The molecule has 3 aliphatic heterocycles. The number of ether oxygens (including phenoxy) is 2. The number of nitrogens with zero attached hydrogens (tertiary/aromatic N) is 6. The van der Waals surface area contributed by atoms with Gasteiger partial charge in [-0.15, -0.1) is 0 Å². The third kappa shape index (κ3) is 6.69. The molecule has 2 aromatic heterocycles. The van der Waals surface area contributed by atoms with E-state index in [2.05, 4.69) is 46.5 Å². The van der Waals surface area contributed by atoms with E-state index in [4.69, 9.17) is 19.4 Å². The number of aromatic amines is 1. The standard InChI is InChI=1S/C42H50F3N7O3/c1-5-33(53)52-22-41(23-52)12-16-51(17-13-41)38-30-18-29(27-7-8-27)35(34-26(4)6-9-32-31(34)21-46-49-32)37(54-24-42(43,44)45)36(30)47-39(48-38)55-28-19-40(20-28)10-14-50(15-11-40)25(2)3/h5-6,9,18,21,25,27-28H,1,7-8,10-17,19-20,22-24H2,2-4H3,(H,46,49). The highest BCUT2D eigenvalue weighted by Crippen LogP contribution is 2.54. The average Bonchev–Trinajstić information content (AvgIpc) is 3.87. The number of hydrogen-bond donors (Lipinski definition) is 1. The Morgan fingerprint density at radius 3 is 2.38 bits per heavy atom. The van der Waals surface area contributed by atoms with Crippen molar-refractivity contribution in [1.82, 2.24) is 30.0 Å². The van der Waals surface area contributed by atoms with E-state index in [1.807, 2.05) is 24.0 Å². The number of H-pyrrole nitrogens is 1. The van der Waals surface area contributed by atoms with Crippen LogP contribution in [0.25, 0.3) is 32.9 Å². The fraction of sp³-hybridized carbons (Fsp3) is 0.571. The van der Waals surface area contributed by atoms with E-state index in [0.717, 1.165) is 92.0 Å². The van der Waals surface area contributed by atoms with E-state index in [-0.39, 0.29) is 40.5 Å². The van der Waals surface area contributed by atoms with Gasteiger partial charge in [0.15, 0.2) is 12.4 Å². The molecular formula is C42H50F3N7O3. The molecule has 1 amide bonds. The predicted molar refractivity (Wildman–Crippen MR) is 206 cm³/mol. The summed E-state index contributed by atoms with van der Waals surface area (Å²) in [6, 6.07) is 6.72. The quantitative estimate of drug-likeness (QED) is 0.172. The Hall–Kier alpha value is -4.39. The number of amides is 1. The molecule has 2 saturated carbocycles. The molecule has 5 fully saturated rings. The van der Waals surface area contributed by atoms with Crippen molar-refractivity contribution in [3.63, 3.8) is 0 Å². The van der Waals surface area contributed by atoms with E-state index < -0.39 is 12.8 Å². The number of benzene rings is 2. The summed E-state index contributed by atoms with van der Waals surface area (Å²) < 4.78 is 55.0. The van der Waals surface area contributed by atoms with Gasteiger partial charge < -0.3 is 24.2 Å². The summed E-state index contributed by atoms with van der Waals surface area (Å²) >= 11 is 0. The lowest BCUT2D eigenvalue weighted by Crippen LogP contribution is -2.61. The first kappa shape index (κ1) is 36.3. The number of nitrogens with one attached hydrogen (secondary N) is 1. The summed E-state index contributed by atoms with van der Waals surface area (Å²) in [4.78, 5) is 29.0. The van der Waals surface area contributed by atoms with E-state index in [1.165, 1.54) is 6.08 Å². The Labute approximate surface area is 319 Å². The highest BCUT2D eigenvalue weighted by Gasteiger charge is 2.49. The smallest absolute Gasteiger partial charge is 0.422 e. The second-order valence-corrected chi connectivity index (χ2v) is 17.3. The first-order chi connectivity index (χ1) is 26.3. The van der Waals surface area contributed by atoms with Gasteiger partial charge in [0.2, 0.25) is 5.91 Å². The molecule has 292 valence electrons. The molecule has 3 saturated heterocycles. The molecule has 9 rings (SSSR count). The number of fused-ring (bicyclic) bond motifs is 2. The van der Waals surface area contributed by atoms with Crippen molar-refractivity contribution >= 4 is 33.5 Å². The molecular weight excluding hydrogens is 708 g/mol. The highest BCUT2D eigenvalue weighted by molar-refractivity contribution is 6.06. The van der Waals surface area contributed by atoms with Gasteiger partial charge in [-0.05, 0) is 131 Å². The normalized spacial score (nSPS) is 21.4. The molecule has 10 nitrogen and oxygen atoms in total. The predicted octanol–water partition coefficient (Wildman–Crippen LogP) is 7.95. The summed E-state index contributed by atoms with van der Waals surface area (Å²) in [5.74, 6) is 0.894. The van der Waals surface area contributed by atoms with Gasteiger partial charge in [-0.25, -0.2) is 0 Å². The number of carbonyl (C=O) groups is 1. The van der Waals surface area contributed by atoms with Crippen molar-refractivity contribution in [2.45, 2.75) is 96.4 Å². The number of likely N-dealkylation sites (tertiary alicyclic amines) is 2. The zero-order chi connectivity index (χ0) is 38.3. The minimum absolute atomic E-state index is 0.0385. The van der Waals surface area contributed by atoms with Crippen LogP contribution in [0.5, 0.6) is 11.8 Å². The number of aromatic nitrogens is 4. The van der Waals surface area contributed by atoms with Crippen LogP contribution in [0.3, 0.4) is 0 Å².